The fourth-order valence-corrected chi connectivity index (χ4v) is 2.75. The first kappa shape index (κ1) is 20.8. The Hall–Kier alpha value is -2.50. The van der Waals surface area contributed by atoms with Gasteiger partial charge in [0, 0.05) is 7.11 Å². The van der Waals surface area contributed by atoms with Crippen molar-refractivity contribution in [3.63, 3.8) is 0 Å². The van der Waals surface area contributed by atoms with Gasteiger partial charge in [-0.2, -0.15) is 0 Å². The summed E-state index contributed by atoms with van der Waals surface area (Å²) in [5, 5.41) is 9.48. The lowest BCUT2D eigenvalue weighted by atomic mass is 9.94. The molecule has 2 rings (SSSR count). The van der Waals surface area contributed by atoms with Crippen molar-refractivity contribution in [2.75, 3.05) is 13.7 Å². The van der Waals surface area contributed by atoms with Gasteiger partial charge in [-0.15, -0.1) is 0 Å². The zero-order chi connectivity index (χ0) is 19.5. The van der Waals surface area contributed by atoms with E-state index in [-0.39, 0.29) is 5.82 Å². The molecule has 0 saturated carbocycles. The van der Waals surface area contributed by atoms with Gasteiger partial charge < -0.3 is 14.6 Å². The van der Waals surface area contributed by atoms with Crippen LogP contribution in [0.25, 0.3) is 0 Å². The Morgan fingerprint density at radius 3 is 2.44 bits per heavy atom. The van der Waals surface area contributed by atoms with E-state index in [2.05, 4.69) is 0 Å². The maximum atomic E-state index is 13.1. The summed E-state index contributed by atoms with van der Waals surface area (Å²) in [4.78, 5) is 11.6. The molecule has 2 aromatic carbocycles. The van der Waals surface area contributed by atoms with Gasteiger partial charge in [-0.25, -0.2) is 4.39 Å². The summed E-state index contributed by atoms with van der Waals surface area (Å²) in [7, 11) is 1.53. The minimum Gasteiger partial charge on any atom is -0.481 e. The fourth-order valence-electron chi connectivity index (χ4n) is 2.75. The fraction of sp³-hybridized carbons (Fsp3) is 0.318. The third-order valence-electron chi connectivity index (χ3n) is 4.29. The van der Waals surface area contributed by atoms with Crippen LogP contribution in [0.4, 0.5) is 4.39 Å². The van der Waals surface area contributed by atoms with E-state index >= 15 is 0 Å². The van der Waals surface area contributed by atoms with E-state index in [1.807, 2.05) is 42.5 Å². The van der Waals surface area contributed by atoms with Crippen molar-refractivity contribution >= 4 is 5.97 Å². The van der Waals surface area contributed by atoms with Crippen molar-refractivity contribution in [1.82, 2.24) is 0 Å². The van der Waals surface area contributed by atoms with Crippen LogP contribution in [0.15, 0.2) is 66.7 Å². The van der Waals surface area contributed by atoms with Crippen molar-refractivity contribution in [1.29, 1.82) is 0 Å². The second kappa shape index (κ2) is 11.3. The molecule has 1 unspecified atom stereocenters. The van der Waals surface area contributed by atoms with Crippen LogP contribution in [0.2, 0.25) is 0 Å². The van der Waals surface area contributed by atoms with E-state index in [1.54, 1.807) is 12.1 Å². The predicted molar refractivity (Wildman–Crippen MR) is 102 cm³/mol. The zero-order valence-corrected chi connectivity index (χ0v) is 15.4. The third-order valence-corrected chi connectivity index (χ3v) is 4.29. The highest BCUT2D eigenvalue weighted by atomic mass is 19.1. The molecule has 1 N–H and O–H groups in total. The molecule has 0 bridgehead atoms. The lowest BCUT2D eigenvalue weighted by Crippen LogP contribution is -2.17. The van der Waals surface area contributed by atoms with Gasteiger partial charge in [-0.1, -0.05) is 54.6 Å². The molecule has 4 nitrogen and oxygen atoms in total. The van der Waals surface area contributed by atoms with Crippen LogP contribution in [0.1, 0.15) is 30.1 Å². The zero-order valence-electron chi connectivity index (χ0n) is 15.4. The molecule has 144 valence electrons. The number of rotatable bonds is 11. The molecule has 0 saturated heterocycles. The summed E-state index contributed by atoms with van der Waals surface area (Å²) < 4.78 is 24.0. The smallest absolute Gasteiger partial charge is 0.306 e. The lowest BCUT2D eigenvalue weighted by molar-refractivity contribution is -0.143. The Bertz CT molecular complexity index is 713. The van der Waals surface area contributed by atoms with Crippen LogP contribution in [0, 0.1) is 11.7 Å². The summed E-state index contributed by atoms with van der Waals surface area (Å²) in [5.41, 5.74) is 1.86. The lowest BCUT2D eigenvalue weighted by Gasteiger charge is -2.19. The maximum absolute atomic E-state index is 13.1. The summed E-state index contributed by atoms with van der Waals surface area (Å²) in [6, 6.07) is 15.8. The van der Waals surface area contributed by atoms with Crippen LogP contribution in [-0.2, 0) is 20.9 Å². The van der Waals surface area contributed by atoms with E-state index in [1.165, 1.54) is 19.2 Å². The number of aliphatic carboxylic acids is 1. The Kier molecular flexibility index (Phi) is 8.68. The number of allylic oxidation sites excluding steroid dienone is 1. The highest BCUT2D eigenvalue weighted by Crippen LogP contribution is 2.27. The van der Waals surface area contributed by atoms with Crippen LogP contribution in [-0.4, -0.2) is 24.8 Å². The first-order valence-corrected chi connectivity index (χ1v) is 8.88. The minimum atomic E-state index is -0.881. The molecule has 0 heterocycles. The molecule has 0 aromatic heterocycles. The molecular formula is C22H25FO4. The summed E-state index contributed by atoms with van der Waals surface area (Å²) in [6.45, 7) is 0.941. The van der Waals surface area contributed by atoms with Gasteiger partial charge in [0.1, 0.15) is 5.82 Å². The second-order valence-corrected chi connectivity index (χ2v) is 6.25. The first-order chi connectivity index (χ1) is 13.1. The number of carboxylic acid groups (broad SMARTS) is 1. The van der Waals surface area contributed by atoms with Crippen LogP contribution in [0.3, 0.4) is 0 Å². The Labute approximate surface area is 159 Å². The van der Waals surface area contributed by atoms with Crippen molar-refractivity contribution in [3.05, 3.63) is 83.7 Å². The summed E-state index contributed by atoms with van der Waals surface area (Å²) in [5.74, 6) is -1.80. The van der Waals surface area contributed by atoms with Gasteiger partial charge in [0.25, 0.3) is 0 Å². The molecular weight excluding hydrogens is 347 g/mol. The Morgan fingerprint density at radius 1 is 1.11 bits per heavy atom. The first-order valence-electron chi connectivity index (χ1n) is 8.88. The molecule has 2 aromatic rings. The summed E-state index contributed by atoms with van der Waals surface area (Å²) >= 11 is 0. The van der Waals surface area contributed by atoms with Gasteiger partial charge in [-0.3, -0.25) is 4.79 Å². The third kappa shape index (κ3) is 7.33. The van der Waals surface area contributed by atoms with E-state index in [4.69, 9.17) is 9.47 Å². The van der Waals surface area contributed by atoms with Gasteiger partial charge in [0.15, 0.2) is 0 Å². The average molecular weight is 372 g/mol. The molecule has 0 amide bonds. The molecule has 0 spiro atoms. The number of halogens is 1. The minimum absolute atomic E-state index is 0.312. The molecule has 0 fully saturated rings. The van der Waals surface area contributed by atoms with E-state index < -0.39 is 18.0 Å². The van der Waals surface area contributed by atoms with Crippen LogP contribution < -0.4 is 0 Å². The maximum Gasteiger partial charge on any atom is 0.306 e. The largest absolute Gasteiger partial charge is 0.481 e. The summed E-state index contributed by atoms with van der Waals surface area (Å²) in [6.07, 6.45) is 3.95. The number of carboxylic acids is 1. The van der Waals surface area contributed by atoms with Crippen molar-refractivity contribution in [3.8, 4) is 0 Å². The van der Waals surface area contributed by atoms with Crippen molar-refractivity contribution in [2.24, 2.45) is 5.92 Å². The standard InChI is InChI=1S/C22H25FO4/c1-26-21(18-10-12-20(23)13-11-18)15-19(22(24)25)9-5-6-14-27-16-17-7-3-2-4-8-17/h2-8,10-13,19,21H,9,14-16H2,1H3,(H,24,25)/b6-5-/t19?,21-/m1/s1. The quantitative estimate of drug-likeness (QED) is 0.456. The number of methoxy groups -OCH3 is 1. The van der Waals surface area contributed by atoms with E-state index in [0.717, 1.165) is 11.1 Å². The topological polar surface area (TPSA) is 55.8 Å². The number of ether oxygens (including phenoxy) is 2. The number of carbonyl (C=O) groups is 1. The SMILES string of the molecule is CO[C@H](CC(C/C=C\COCc1ccccc1)C(=O)O)c1ccc(F)cc1. The molecule has 0 aliphatic rings. The van der Waals surface area contributed by atoms with Gasteiger partial charge in [-0.05, 0) is 36.1 Å². The predicted octanol–water partition coefficient (Wildman–Crippen LogP) is 4.77. The van der Waals surface area contributed by atoms with Crippen LogP contribution >= 0.6 is 0 Å². The number of benzene rings is 2. The normalized spacial score (nSPS) is 13.6. The molecule has 0 radical (unpaired) electrons. The molecule has 0 aliphatic heterocycles. The average Bonchev–Trinajstić information content (AvgIpc) is 2.68. The highest BCUT2D eigenvalue weighted by Gasteiger charge is 2.22. The monoisotopic (exact) mass is 372 g/mol. The van der Waals surface area contributed by atoms with Crippen molar-refractivity contribution in [2.45, 2.75) is 25.6 Å². The Morgan fingerprint density at radius 2 is 1.81 bits per heavy atom. The second-order valence-electron chi connectivity index (χ2n) is 6.25. The van der Waals surface area contributed by atoms with Crippen LogP contribution in [0.5, 0.6) is 0 Å². The number of hydrogen-bond acceptors (Lipinski definition) is 3. The Balaban J connectivity index is 1.81. The molecule has 2 atom stereocenters. The number of hydrogen-bond donors (Lipinski definition) is 1. The molecule has 27 heavy (non-hydrogen) atoms. The van der Waals surface area contributed by atoms with Gasteiger partial charge in [0.05, 0.1) is 25.2 Å². The van der Waals surface area contributed by atoms with E-state index in [9.17, 15) is 14.3 Å². The van der Waals surface area contributed by atoms with Gasteiger partial charge >= 0.3 is 5.97 Å². The van der Waals surface area contributed by atoms with Gasteiger partial charge in [0.2, 0.25) is 0 Å². The molecule has 0 aliphatic carbocycles. The molecule has 5 heteroatoms. The highest BCUT2D eigenvalue weighted by molar-refractivity contribution is 5.70. The van der Waals surface area contributed by atoms with E-state index in [0.29, 0.717) is 26.1 Å². The van der Waals surface area contributed by atoms with Crippen molar-refractivity contribution < 1.29 is 23.8 Å².